The minimum absolute atomic E-state index is 0.109. The number of allylic oxidation sites excluding steroid dienone is 1. The van der Waals surface area contributed by atoms with E-state index in [0.717, 1.165) is 0 Å². The number of hydrogen-bond donors (Lipinski definition) is 1. The van der Waals surface area contributed by atoms with Gasteiger partial charge in [-0.25, -0.2) is 0 Å². The van der Waals surface area contributed by atoms with Crippen LogP contribution in [0.4, 0.5) is 0 Å². The molecule has 1 heterocycles. The number of carbonyl (C=O) groups excluding carboxylic acids is 3. The first-order valence-electron chi connectivity index (χ1n) is 7.61. The Bertz CT molecular complexity index is 910. The molecule has 0 aliphatic heterocycles. The number of rotatable bonds is 4. The molecular weight excluding hydrogens is 324 g/mol. The average Bonchev–Trinajstić information content (AvgIpc) is 3.05. The molecule has 7 heteroatoms. The van der Waals surface area contributed by atoms with Gasteiger partial charge in [0.2, 0.25) is 11.6 Å². The predicted octanol–water partition coefficient (Wildman–Crippen LogP) is 1.80. The van der Waals surface area contributed by atoms with E-state index in [1.54, 1.807) is 31.4 Å². The van der Waals surface area contributed by atoms with Gasteiger partial charge in [-0.1, -0.05) is 24.3 Å². The SMILES string of the molecule is COC(=O)C[C@H](C1=C(O)c2ccccc2C(=O)C1=O)c1cnn(C)c1. The first-order valence-corrected chi connectivity index (χ1v) is 7.61. The third-order valence-electron chi connectivity index (χ3n) is 4.21. The van der Waals surface area contributed by atoms with Crippen molar-refractivity contribution in [1.29, 1.82) is 0 Å². The number of benzene rings is 1. The van der Waals surface area contributed by atoms with Gasteiger partial charge in [0, 0.05) is 30.3 Å². The molecule has 2 aromatic rings. The number of aromatic nitrogens is 2. The first kappa shape index (κ1) is 16.6. The third-order valence-corrected chi connectivity index (χ3v) is 4.21. The zero-order chi connectivity index (χ0) is 18.1. The van der Waals surface area contributed by atoms with Crippen molar-refractivity contribution in [3.63, 3.8) is 0 Å². The molecule has 1 aliphatic rings. The minimum Gasteiger partial charge on any atom is -0.507 e. The van der Waals surface area contributed by atoms with Gasteiger partial charge < -0.3 is 9.84 Å². The minimum atomic E-state index is -0.828. The second-order valence-electron chi connectivity index (χ2n) is 5.75. The number of methoxy groups -OCH3 is 1. The van der Waals surface area contributed by atoms with Gasteiger partial charge in [-0.3, -0.25) is 19.1 Å². The van der Waals surface area contributed by atoms with Gasteiger partial charge in [-0.2, -0.15) is 5.10 Å². The Hall–Kier alpha value is -3.22. The number of ether oxygens (including phenoxy) is 1. The van der Waals surface area contributed by atoms with E-state index in [4.69, 9.17) is 4.74 Å². The Morgan fingerprint density at radius 1 is 1.24 bits per heavy atom. The fourth-order valence-corrected chi connectivity index (χ4v) is 2.96. The van der Waals surface area contributed by atoms with Crippen LogP contribution in [0, 0.1) is 0 Å². The zero-order valence-electron chi connectivity index (χ0n) is 13.7. The maximum atomic E-state index is 12.6. The largest absolute Gasteiger partial charge is 0.507 e. The highest BCUT2D eigenvalue weighted by atomic mass is 16.5. The van der Waals surface area contributed by atoms with Gasteiger partial charge in [-0.05, 0) is 5.56 Å². The highest BCUT2D eigenvalue weighted by Crippen LogP contribution is 2.38. The van der Waals surface area contributed by atoms with Crippen LogP contribution in [0.3, 0.4) is 0 Å². The molecule has 0 saturated heterocycles. The molecule has 0 spiro atoms. The highest BCUT2D eigenvalue weighted by Gasteiger charge is 2.38. The number of aryl methyl sites for hydroxylation is 1. The van der Waals surface area contributed by atoms with Crippen LogP contribution in [0.5, 0.6) is 0 Å². The summed E-state index contributed by atoms with van der Waals surface area (Å²) in [7, 11) is 2.93. The number of hydrogen-bond acceptors (Lipinski definition) is 6. The monoisotopic (exact) mass is 340 g/mol. The summed E-state index contributed by atoms with van der Waals surface area (Å²) < 4.78 is 6.21. The van der Waals surface area contributed by atoms with Gasteiger partial charge >= 0.3 is 5.97 Å². The molecule has 0 amide bonds. The van der Waals surface area contributed by atoms with Crippen LogP contribution < -0.4 is 0 Å². The van der Waals surface area contributed by atoms with Crippen molar-refractivity contribution >= 4 is 23.3 Å². The lowest BCUT2D eigenvalue weighted by molar-refractivity contribution is -0.140. The van der Waals surface area contributed by atoms with Gasteiger partial charge in [0.1, 0.15) is 5.76 Å². The highest BCUT2D eigenvalue weighted by molar-refractivity contribution is 6.52. The van der Waals surface area contributed by atoms with E-state index in [1.807, 2.05) is 0 Å². The fourth-order valence-electron chi connectivity index (χ4n) is 2.96. The number of nitrogens with zero attached hydrogens (tertiary/aromatic N) is 2. The molecule has 0 fully saturated rings. The van der Waals surface area contributed by atoms with Crippen LogP contribution in [0.1, 0.15) is 33.8 Å². The molecule has 1 atom stereocenters. The molecule has 128 valence electrons. The molecule has 0 unspecified atom stereocenters. The fraction of sp³-hybridized carbons (Fsp3) is 0.222. The van der Waals surface area contributed by atoms with Gasteiger partial charge in [-0.15, -0.1) is 0 Å². The van der Waals surface area contributed by atoms with Gasteiger partial charge in [0.15, 0.2) is 0 Å². The molecule has 0 bridgehead atoms. The second-order valence-corrected chi connectivity index (χ2v) is 5.75. The smallest absolute Gasteiger partial charge is 0.306 e. The summed E-state index contributed by atoms with van der Waals surface area (Å²) in [6, 6.07) is 6.33. The molecule has 1 aliphatic carbocycles. The Balaban J connectivity index is 2.18. The number of ketones is 2. The average molecular weight is 340 g/mol. The standard InChI is InChI=1S/C18H16N2O5/c1-20-9-10(8-19-20)13(7-14(21)25-2)15-16(22)11-5-3-4-6-12(11)17(23)18(15)24/h3-6,8-9,13,22H,7H2,1-2H3/t13-/m0/s1. The van der Waals surface area contributed by atoms with Gasteiger partial charge in [0.05, 0.1) is 25.3 Å². The molecule has 1 aromatic carbocycles. The third kappa shape index (κ3) is 2.84. The summed E-state index contributed by atoms with van der Waals surface area (Å²) in [6.45, 7) is 0. The van der Waals surface area contributed by atoms with Crippen molar-refractivity contribution in [2.24, 2.45) is 7.05 Å². The number of aliphatic hydroxyl groups excluding tert-OH is 1. The van der Waals surface area contributed by atoms with E-state index in [-0.39, 0.29) is 28.9 Å². The summed E-state index contributed by atoms with van der Waals surface area (Å²) in [5, 5.41) is 14.7. The van der Waals surface area contributed by atoms with E-state index in [2.05, 4.69) is 5.10 Å². The predicted molar refractivity (Wildman–Crippen MR) is 87.9 cm³/mol. The lowest BCUT2D eigenvalue weighted by atomic mass is 9.79. The number of fused-ring (bicyclic) bond motifs is 1. The molecule has 7 nitrogen and oxygen atoms in total. The van der Waals surface area contributed by atoms with Crippen LogP contribution >= 0.6 is 0 Å². The molecule has 0 saturated carbocycles. The van der Waals surface area contributed by atoms with Gasteiger partial charge in [0.25, 0.3) is 0 Å². The number of aliphatic hydroxyl groups is 1. The summed E-state index contributed by atoms with van der Waals surface area (Å²) in [5.74, 6) is -3.21. The summed E-state index contributed by atoms with van der Waals surface area (Å²) in [5.41, 5.74) is 0.856. The normalized spacial score (nSPS) is 15.1. The van der Waals surface area contributed by atoms with E-state index < -0.39 is 23.5 Å². The first-order chi connectivity index (χ1) is 11.9. The molecule has 0 radical (unpaired) electrons. The van der Waals surface area contributed by atoms with Crippen LogP contribution in [-0.4, -0.2) is 39.5 Å². The Morgan fingerprint density at radius 3 is 2.52 bits per heavy atom. The maximum Gasteiger partial charge on any atom is 0.306 e. The van der Waals surface area contributed by atoms with E-state index in [0.29, 0.717) is 5.56 Å². The zero-order valence-corrected chi connectivity index (χ0v) is 13.7. The molecule has 1 N–H and O–H groups in total. The summed E-state index contributed by atoms with van der Waals surface area (Å²) >= 11 is 0. The van der Waals surface area contributed by atoms with Crippen molar-refractivity contribution in [2.45, 2.75) is 12.3 Å². The quantitative estimate of drug-likeness (QED) is 0.673. The van der Waals surface area contributed by atoms with Crippen molar-refractivity contribution in [2.75, 3.05) is 7.11 Å². The van der Waals surface area contributed by atoms with Crippen LogP contribution in [0.2, 0.25) is 0 Å². The lowest BCUT2D eigenvalue weighted by Crippen LogP contribution is -2.28. The molecule has 25 heavy (non-hydrogen) atoms. The Labute approximate surface area is 143 Å². The molecule has 1 aromatic heterocycles. The van der Waals surface area contributed by atoms with Crippen LogP contribution in [0.15, 0.2) is 42.2 Å². The lowest BCUT2D eigenvalue weighted by Gasteiger charge is -2.23. The Morgan fingerprint density at radius 2 is 1.92 bits per heavy atom. The van der Waals surface area contributed by atoms with E-state index in [9.17, 15) is 19.5 Å². The molecule has 3 rings (SSSR count). The van der Waals surface area contributed by atoms with Crippen molar-refractivity contribution in [3.8, 4) is 0 Å². The number of esters is 1. The number of carbonyl (C=O) groups is 3. The van der Waals surface area contributed by atoms with E-state index in [1.165, 1.54) is 24.1 Å². The Kier molecular flexibility index (Phi) is 4.22. The molecular formula is C18H16N2O5. The van der Waals surface area contributed by atoms with Crippen molar-refractivity contribution < 1.29 is 24.2 Å². The summed E-state index contributed by atoms with van der Waals surface area (Å²) in [4.78, 5) is 36.9. The van der Waals surface area contributed by atoms with Crippen LogP contribution in [-0.2, 0) is 21.4 Å². The summed E-state index contributed by atoms with van der Waals surface area (Å²) in [6.07, 6.45) is 2.93. The van der Waals surface area contributed by atoms with Crippen molar-refractivity contribution in [3.05, 3.63) is 58.9 Å². The maximum absolute atomic E-state index is 12.6. The van der Waals surface area contributed by atoms with Crippen LogP contribution in [0.25, 0.3) is 5.76 Å². The second kappa shape index (κ2) is 6.35. The number of Topliss-reactive ketones (excluding diaryl/α,β-unsaturated/α-hetero) is 2. The topological polar surface area (TPSA) is 98.5 Å². The van der Waals surface area contributed by atoms with E-state index >= 15 is 0 Å². The van der Waals surface area contributed by atoms with Crippen molar-refractivity contribution in [1.82, 2.24) is 9.78 Å².